The van der Waals surface area contributed by atoms with Crippen LogP contribution in [0, 0.1) is 11.3 Å². The van der Waals surface area contributed by atoms with Gasteiger partial charge in [0, 0.05) is 13.0 Å². The summed E-state index contributed by atoms with van der Waals surface area (Å²) in [4.78, 5) is 14.3. The highest BCUT2D eigenvalue weighted by Gasteiger charge is 2.37. The monoisotopic (exact) mass is 697 g/mol. The van der Waals surface area contributed by atoms with Gasteiger partial charge in [0.15, 0.2) is 5.82 Å². The van der Waals surface area contributed by atoms with Crippen LogP contribution in [0.25, 0.3) is 0 Å². The second-order valence-corrected chi connectivity index (χ2v) is 15.7. The summed E-state index contributed by atoms with van der Waals surface area (Å²) in [5.74, 6) is -0.702. The van der Waals surface area contributed by atoms with Crippen molar-refractivity contribution in [2.24, 2.45) is 10.2 Å². The average molecular weight is 699 g/mol. The van der Waals surface area contributed by atoms with Gasteiger partial charge in [-0.3, -0.25) is 13.9 Å². The number of halogens is 2. The molecule has 3 rings (SSSR count). The molecule has 0 radical (unpaired) electrons. The van der Waals surface area contributed by atoms with Crippen LogP contribution < -0.4 is 5.32 Å². The second kappa shape index (κ2) is 16.6. The first-order chi connectivity index (χ1) is 20.7. The van der Waals surface area contributed by atoms with Gasteiger partial charge in [0.25, 0.3) is 20.2 Å². The van der Waals surface area contributed by atoms with Crippen LogP contribution in [-0.4, -0.2) is 100 Å². The molecule has 2 aliphatic rings. The predicted octanol–water partition coefficient (Wildman–Crippen LogP) is 3.84. The van der Waals surface area contributed by atoms with Gasteiger partial charge in [0.2, 0.25) is 5.91 Å². The number of azo groups is 1. The van der Waals surface area contributed by atoms with E-state index in [1.54, 1.807) is 4.68 Å². The normalized spacial score (nSPS) is 26.6. The summed E-state index contributed by atoms with van der Waals surface area (Å²) in [5.41, 5.74) is 0.234. The smallest absolute Gasteiger partial charge is 0.264 e. The number of nitriles is 1. The summed E-state index contributed by atoms with van der Waals surface area (Å²) in [6.07, 6.45) is 6.99. The zero-order chi connectivity index (χ0) is 32.5. The molecule has 1 aromatic heterocycles. The van der Waals surface area contributed by atoms with Crippen molar-refractivity contribution in [1.82, 2.24) is 20.0 Å². The third-order valence-electron chi connectivity index (χ3n) is 8.06. The van der Waals surface area contributed by atoms with Crippen molar-refractivity contribution < 1.29 is 30.7 Å². The molecule has 14 nitrogen and oxygen atoms in total. The minimum absolute atomic E-state index is 0.0359. The van der Waals surface area contributed by atoms with E-state index in [0.29, 0.717) is 45.2 Å². The van der Waals surface area contributed by atoms with Crippen molar-refractivity contribution in [3.63, 3.8) is 0 Å². The average Bonchev–Trinajstić information content (AvgIpc) is 3.32. The molecule has 248 valence electrons. The molecular formula is C26H41Cl2N7O7S2. The molecule has 0 aliphatic heterocycles. The molecule has 2 fully saturated rings. The lowest BCUT2D eigenvalue weighted by molar-refractivity contribution is -0.120. The van der Waals surface area contributed by atoms with Gasteiger partial charge in [-0.05, 0) is 70.9 Å². The number of hydrogen-bond acceptors (Lipinski definition) is 10. The Morgan fingerprint density at radius 2 is 1.66 bits per heavy atom. The third kappa shape index (κ3) is 11.5. The van der Waals surface area contributed by atoms with E-state index in [0.717, 1.165) is 19.3 Å². The first-order valence-electron chi connectivity index (χ1n) is 14.8. The lowest BCUT2D eigenvalue weighted by Crippen LogP contribution is -2.51. The molecule has 5 atom stereocenters. The van der Waals surface area contributed by atoms with Gasteiger partial charge in [-0.2, -0.15) is 32.3 Å². The molecule has 2 aliphatic carbocycles. The number of carbonyl (C=O) groups excluding carboxylic acids is 1. The first kappa shape index (κ1) is 36.6. The third-order valence-corrected chi connectivity index (χ3v) is 10.6. The Morgan fingerprint density at radius 1 is 1.07 bits per heavy atom. The number of alkyl halides is 2. The van der Waals surface area contributed by atoms with Gasteiger partial charge < -0.3 is 10.2 Å². The van der Waals surface area contributed by atoms with Crippen LogP contribution in [0.4, 0.5) is 5.82 Å². The van der Waals surface area contributed by atoms with Gasteiger partial charge in [0.1, 0.15) is 11.6 Å². The molecule has 0 bridgehead atoms. The Labute approximate surface area is 269 Å². The number of hydrogen-bond donors (Lipinski definition) is 3. The van der Waals surface area contributed by atoms with Gasteiger partial charge in [-0.25, -0.2) is 4.68 Å². The fourth-order valence-electron chi connectivity index (χ4n) is 5.96. The Morgan fingerprint density at radius 3 is 2.18 bits per heavy atom. The minimum atomic E-state index is -4.08. The van der Waals surface area contributed by atoms with E-state index in [1.807, 2.05) is 0 Å². The van der Waals surface area contributed by atoms with E-state index in [1.165, 1.54) is 13.1 Å². The Balaban J connectivity index is 1.77. The van der Waals surface area contributed by atoms with Crippen molar-refractivity contribution in [3.8, 4) is 6.07 Å². The van der Waals surface area contributed by atoms with Crippen LogP contribution >= 0.6 is 23.2 Å². The van der Waals surface area contributed by atoms with Crippen LogP contribution in [0.2, 0.25) is 0 Å². The van der Waals surface area contributed by atoms with Gasteiger partial charge in [-0.15, -0.1) is 28.3 Å². The zero-order valence-corrected chi connectivity index (χ0v) is 27.8. The van der Waals surface area contributed by atoms with Crippen LogP contribution in [0.15, 0.2) is 16.4 Å². The molecule has 1 aromatic rings. The molecule has 3 N–H and O–H groups in total. The SMILES string of the molecule is CC(=O)NC1CC(N(CCCCS(=O)(=O)O)CCCCS(=O)(=O)O)CCC1N=Nc1c(C#N)cnn1C1C(Cl)CCCC1Cl. The number of unbranched alkanes of at least 4 members (excludes halogenated alkanes) is 2. The molecule has 0 aromatic carbocycles. The fraction of sp³-hybridized carbons (Fsp3) is 0.808. The summed E-state index contributed by atoms with van der Waals surface area (Å²) in [6, 6.07) is 0.898. The second-order valence-electron chi connectivity index (χ2n) is 11.5. The Bertz CT molecular complexity index is 1350. The van der Waals surface area contributed by atoms with Gasteiger partial charge in [0.05, 0.1) is 46.6 Å². The molecule has 1 amide bonds. The van der Waals surface area contributed by atoms with Gasteiger partial charge in [-0.1, -0.05) is 6.42 Å². The van der Waals surface area contributed by atoms with Crippen molar-refractivity contribution in [3.05, 3.63) is 11.8 Å². The van der Waals surface area contributed by atoms with Crippen molar-refractivity contribution >= 4 is 55.2 Å². The lowest BCUT2D eigenvalue weighted by Gasteiger charge is -2.40. The number of rotatable bonds is 15. The maximum absolute atomic E-state index is 12.2. The number of nitrogens with one attached hydrogen (secondary N) is 1. The van der Waals surface area contributed by atoms with Crippen LogP contribution in [0.1, 0.15) is 82.7 Å². The van der Waals surface area contributed by atoms with E-state index < -0.39 is 32.3 Å². The highest BCUT2D eigenvalue weighted by atomic mass is 35.5. The number of aromatic nitrogens is 2. The van der Waals surface area contributed by atoms with Crippen molar-refractivity contribution in [2.45, 2.75) is 106 Å². The molecule has 5 unspecified atom stereocenters. The number of nitrogens with zero attached hydrogens (tertiary/aromatic N) is 6. The Kier molecular flexibility index (Phi) is 13.8. The zero-order valence-electron chi connectivity index (χ0n) is 24.6. The van der Waals surface area contributed by atoms with E-state index in [9.17, 15) is 26.9 Å². The summed E-state index contributed by atoms with van der Waals surface area (Å²) in [5, 5.41) is 25.5. The van der Waals surface area contributed by atoms with E-state index in [2.05, 4.69) is 31.6 Å². The van der Waals surface area contributed by atoms with Gasteiger partial charge >= 0.3 is 0 Å². The number of amides is 1. The molecule has 1 heterocycles. The maximum Gasteiger partial charge on any atom is 0.264 e. The van der Waals surface area contributed by atoms with Crippen molar-refractivity contribution in [1.29, 1.82) is 5.26 Å². The van der Waals surface area contributed by atoms with Crippen LogP contribution in [0.5, 0.6) is 0 Å². The van der Waals surface area contributed by atoms with E-state index >= 15 is 0 Å². The summed E-state index contributed by atoms with van der Waals surface area (Å²) >= 11 is 13.2. The Hall–Kier alpha value is -1.87. The molecule has 2 saturated carbocycles. The lowest BCUT2D eigenvalue weighted by atomic mass is 9.86. The first-order valence-corrected chi connectivity index (χ1v) is 18.9. The van der Waals surface area contributed by atoms with E-state index in [4.69, 9.17) is 32.3 Å². The quantitative estimate of drug-likeness (QED) is 0.104. The molecule has 0 saturated heterocycles. The molecule has 0 spiro atoms. The van der Waals surface area contributed by atoms with Crippen LogP contribution in [-0.2, 0) is 25.0 Å². The molecule has 44 heavy (non-hydrogen) atoms. The minimum Gasteiger partial charge on any atom is -0.351 e. The predicted molar refractivity (Wildman–Crippen MR) is 166 cm³/mol. The van der Waals surface area contributed by atoms with E-state index in [-0.39, 0.29) is 64.5 Å². The molecule has 18 heteroatoms. The van der Waals surface area contributed by atoms with Crippen LogP contribution in [0.3, 0.4) is 0 Å². The standard InChI is InChI=1S/C26H41Cl2N7O7S2/c1-18(36)31-24-15-20(34(11-2-4-13-43(37,38)39)12-3-5-14-44(40,41)42)9-10-23(24)32-33-26-19(16-29)17-30-35(26)25-21(27)7-6-8-22(25)28/h17,20-25H,2-15H2,1H3,(H,31,36)(H,37,38,39)(H,40,41,42). The maximum atomic E-state index is 12.2. The molecular weight excluding hydrogens is 657 g/mol. The fourth-order valence-corrected chi connectivity index (χ4v) is 8.04. The number of carbonyl (C=O) groups is 1. The topological polar surface area (TPSA) is 207 Å². The van der Waals surface area contributed by atoms with Crippen molar-refractivity contribution in [2.75, 3.05) is 24.6 Å². The summed E-state index contributed by atoms with van der Waals surface area (Å²) in [7, 11) is -8.17. The highest BCUT2D eigenvalue weighted by Crippen LogP contribution is 2.39. The summed E-state index contributed by atoms with van der Waals surface area (Å²) < 4.78 is 64.4. The highest BCUT2D eigenvalue weighted by molar-refractivity contribution is 7.86. The largest absolute Gasteiger partial charge is 0.351 e. The summed E-state index contributed by atoms with van der Waals surface area (Å²) in [6.45, 7) is 2.40.